The van der Waals surface area contributed by atoms with Crippen LogP contribution in [0.3, 0.4) is 0 Å². The summed E-state index contributed by atoms with van der Waals surface area (Å²) in [7, 11) is 0. The minimum absolute atomic E-state index is 0.0808. The number of halogens is 2. The van der Waals surface area contributed by atoms with Crippen LogP contribution in [0.25, 0.3) is 0 Å². The molecule has 1 saturated heterocycles. The SMILES string of the molecule is CC(=O)SCC1CC(=O)N(c2ccc(I)cc2Cl)C1. The molecule has 0 aliphatic carbocycles. The van der Waals surface area contributed by atoms with E-state index < -0.39 is 0 Å². The molecule has 6 heteroatoms. The van der Waals surface area contributed by atoms with Crippen LogP contribution in [0, 0.1) is 9.49 Å². The van der Waals surface area contributed by atoms with E-state index in [9.17, 15) is 9.59 Å². The Labute approximate surface area is 135 Å². The summed E-state index contributed by atoms with van der Waals surface area (Å²) in [6.45, 7) is 2.19. The molecule has 1 aliphatic rings. The Balaban J connectivity index is 2.09. The fourth-order valence-electron chi connectivity index (χ4n) is 2.06. The molecule has 0 radical (unpaired) electrons. The number of carbonyl (C=O) groups is 2. The van der Waals surface area contributed by atoms with Gasteiger partial charge in [0.1, 0.15) is 0 Å². The Morgan fingerprint density at radius 3 is 2.95 bits per heavy atom. The molecule has 0 N–H and O–H groups in total. The molecule has 1 heterocycles. The minimum atomic E-state index is 0.0808. The number of carbonyl (C=O) groups excluding carboxylic acids is 2. The van der Waals surface area contributed by atoms with Crippen LogP contribution in [0.2, 0.25) is 5.02 Å². The van der Waals surface area contributed by atoms with Gasteiger partial charge in [-0.2, -0.15) is 0 Å². The van der Waals surface area contributed by atoms with Gasteiger partial charge in [0.15, 0.2) is 5.12 Å². The number of hydrogen-bond acceptors (Lipinski definition) is 3. The van der Waals surface area contributed by atoms with Crippen LogP contribution in [0.5, 0.6) is 0 Å². The Hall–Kier alpha value is -0.270. The molecule has 2 rings (SSSR count). The molecule has 0 aromatic heterocycles. The Bertz CT molecular complexity index is 523. The van der Waals surface area contributed by atoms with E-state index in [4.69, 9.17) is 11.6 Å². The molecule has 1 atom stereocenters. The minimum Gasteiger partial charge on any atom is -0.311 e. The molecule has 0 spiro atoms. The molecule has 3 nitrogen and oxygen atoms in total. The first-order valence-corrected chi connectivity index (χ1v) is 8.30. The maximum atomic E-state index is 12.0. The van der Waals surface area contributed by atoms with Gasteiger partial charge < -0.3 is 4.90 Å². The predicted molar refractivity (Wildman–Crippen MR) is 87.8 cm³/mol. The van der Waals surface area contributed by atoms with E-state index in [1.165, 1.54) is 11.8 Å². The lowest BCUT2D eigenvalue weighted by Crippen LogP contribution is -2.25. The normalized spacial score (nSPS) is 19.0. The number of amides is 1. The molecule has 1 aromatic carbocycles. The van der Waals surface area contributed by atoms with Gasteiger partial charge >= 0.3 is 0 Å². The van der Waals surface area contributed by atoms with E-state index in [-0.39, 0.29) is 16.9 Å². The van der Waals surface area contributed by atoms with Crippen molar-refractivity contribution in [1.82, 2.24) is 0 Å². The third-order valence-electron chi connectivity index (χ3n) is 2.93. The molecular weight excluding hydrogens is 397 g/mol. The highest BCUT2D eigenvalue weighted by Crippen LogP contribution is 2.33. The van der Waals surface area contributed by atoms with Crippen LogP contribution in [0.1, 0.15) is 13.3 Å². The summed E-state index contributed by atoms with van der Waals surface area (Å²) in [5.74, 6) is 0.994. The van der Waals surface area contributed by atoms with E-state index >= 15 is 0 Å². The zero-order valence-corrected chi connectivity index (χ0v) is 14.1. The number of anilines is 1. The predicted octanol–water partition coefficient (Wildman–Crippen LogP) is 3.58. The van der Waals surface area contributed by atoms with Crippen molar-refractivity contribution < 1.29 is 9.59 Å². The van der Waals surface area contributed by atoms with Gasteiger partial charge in [-0.05, 0) is 46.7 Å². The Morgan fingerprint density at radius 2 is 2.32 bits per heavy atom. The van der Waals surface area contributed by atoms with Crippen molar-refractivity contribution in [3.8, 4) is 0 Å². The molecule has 1 aromatic rings. The van der Waals surface area contributed by atoms with Crippen LogP contribution in [0.15, 0.2) is 18.2 Å². The topological polar surface area (TPSA) is 37.4 Å². The van der Waals surface area contributed by atoms with E-state index in [1.54, 1.807) is 11.8 Å². The molecule has 19 heavy (non-hydrogen) atoms. The Kier molecular flexibility index (Phi) is 5.14. The lowest BCUT2D eigenvalue weighted by molar-refractivity contribution is -0.117. The number of hydrogen-bond donors (Lipinski definition) is 0. The van der Waals surface area contributed by atoms with Crippen molar-refractivity contribution in [1.29, 1.82) is 0 Å². The largest absolute Gasteiger partial charge is 0.311 e. The van der Waals surface area contributed by atoms with Crippen LogP contribution in [-0.2, 0) is 9.59 Å². The van der Waals surface area contributed by atoms with Crippen LogP contribution < -0.4 is 4.90 Å². The zero-order valence-electron chi connectivity index (χ0n) is 10.4. The maximum absolute atomic E-state index is 12.0. The first-order valence-electron chi connectivity index (χ1n) is 5.86. The maximum Gasteiger partial charge on any atom is 0.227 e. The van der Waals surface area contributed by atoms with Crippen LogP contribution in [-0.4, -0.2) is 23.3 Å². The first-order chi connectivity index (χ1) is 8.97. The summed E-state index contributed by atoms with van der Waals surface area (Å²) in [5, 5.41) is 0.693. The lowest BCUT2D eigenvalue weighted by atomic mass is 10.1. The van der Waals surface area contributed by atoms with Crippen molar-refractivity contribution in [2.24, 2.45) is 5.92 Å². The zero-order chi connectivity index (χ0) is 14.0. The molecule has 0 bridgehead atoms. The van der Waals surface area contributed by atoms with Crippen molar-refractivity contribution in [2.45, 2.75) is 13.3 Å². The van der Waals surface area contributed by atoms with Crippen molar-refractivity contribution in [2.75, 3.05) is 17.2 Å². The average molecular weight is 410 g/mol. The smallest absolute Gasteiger partial charge is 0.227 e. The molecule has 0 saturated carbocycles. The van der Waals surface area contributed by atoms with Gasteiger partial charge in [0, 0.05) is 29.2 Å². The van der Waals surface area contributed by atoms with Gasteiger partial charge in [0.05, 0.1) is 10.7 Å². The van der Waals surface area contributed by atoms with Crippen molar-refractivity contribution in [3.05, 3.63) is 26.8 Å². The summed E-state index contributed by atoms with van der Waals surface area (Å²) >= 11 is 9.66. The molecule has 1 unspecified atom stereocenters. The second-order valence-corrected chi connectivity index (χ2v) is 7.32. The second kappa shape index (κ2) is 6.45. The summed E-state index contributed by atoms with van der Waals surface area (Å²) in [4.78, 5) is 24.7. The number of thioether (sulfide) groups is 1. The highest BCUT2D eigenvalue weighted by atomic mass is 127. The first kappa shape index (κ1) is 15.1. The molecule has 1 amide bonds. The summed E-state index contributed by atoms with van der Waals surface area (Å²) in [5.41, 5.74) is 0.766. The standard InChI is InChI=1S/C13H13ClINO2S/c1-8(17)19-7-9-4-13(18)16(6-9)12-3-2-10(15)5-11(12)14/h2-3,5,9H,4,6-7H2,1H3. The van der Waals surface area contributed by atoms with Gasteiger partial charge in [-0.15, -0.1) is 0 Å². The quantitative estimate of drug-likeness (QED) is 0.716. The summed E-state index contributed by atoms with van der Waals surface area (Å²) < 4.78 is 1.04. The molecule has 1 aliphatic heterocycles. The third kappa shape index (κ3) is 3.86. The highest BCUT2D eigenvalue weighted by molar-refractivity contribution is 14.1. The van der Waals surface area contributed by atoms with Gasteiger partial charge in [0.25, 0.3) is 0 Å². The summed E-state index contributed by atoms with van der Waals surface area (Å²) in [6.07, 6.45) is 0.489. The van der Waals surface area contributed by atoms with Gasteiger partial charge in [-0.3, -0.25) is 9.59 Å². The molecular formula is C13H13ClINO2S. The number of nitrogens with zero attached hydrogens (tertiary/aromatic N) is 1. The monoisotopic (exact) mass is 409 g/mol. The summed E-state index contributed by atoms with van der Waals surface area (Å²) in [6, 6.07) is 5.66. The van der Waals surface area contributed by atoms with Crippen molar-refractivity contribution in [3.63, 3.8) is 0 Å². The van der Waals surface area contributed by atoms with Crippen LogP contribution >= 0.6 is 46.0 Å². The fourth-order valence-corrected chi connectivity index (χ4v) is 3.71. The lowest BCUT2D eigenvalue weighted by Gasteiger charge is -2.18. The number of rotatable bonds is 3. The molecule has 102 valence electrons. The van der Waals surface area contributed by atoms with Gasteiger partial charge in [-0.1, -0.05) is 23.4 Å². The fraction of sp³-hybridized carbons (Fsp3) is 0.385. The Morgan fingerprint density at radius 1 is 1.58 bits per heavy atom. The van der Waals surface area contributed by atoms with Gasteiger partial charge in [-0.25, -0.2) is 0 Å². The average Bonchev–Trinajstić information content (AvgIpc) is 2.68. The van der Waals surface area contributed by atoms with Crippen molar-refractivity contribution >= 4 is 62.7 Å². The number of benzene rings is 1. The van der Waals surface area contributed by atoms with E-state index in [0.29, 0.717) is 23.7 Å². The van der Waals surface area contributed by atoms with Gasteiger partial charge in [0.2, 0.25) is 5.91 Å². The van der Waals surface area contributed by atoms with E-state index in [0.717, 1.165) is 9.26 Å². The van der Waals surface area contributed by atoms with E-state index in [1.807, 2.05) is 18.2 Å². The third-order valence-corrected chi connectivity index (χ3v) is 4.95. The molecule has 1 fully saturated rings. The second-order valence-electron chi connectivity index (χ2n) is 4.47. The van der Waals surface area contributed by atoms with E-state index in [2.05, 4.69) is 22.6 Å². The van der Waals surface area contributed by atoms with Crippen LogP contribution in [0.4, 0.5) is 5.69 Å². The highest BCUT2D eigenvalue weighted by Gasteiger charge is 2.31.